The minimum Gasteiger partial charge on any atom is -0.371 e. The molecule has 0 aliphatic carbocycles. The van der Waals surface area contributed by atoms with Crippen molar-refractivity contribution in [2.75, 3.05) is 14.1 Å². The van der Waals surface area contributed by atoms with Gasteiger partial charge in [0.25, 0.3) is 5.91 Å². The Hall–Kier alpha value is -1.95. The van der Waals surface area contributed by atoms with Crippen molar-refractivity contribution < 1.29 is 19.0 Å². The highest BCUT2D eigenvalue weighted by Crippen LogP contribution is 2.30. The minimum atomic E-state index is -0.472. The third kappa shape index (κ3) is 6.81. The zero-order valence-electron chi connectivity index (χ0n) is 18.0. The number of nitrogens with zero attached hydrogens (tertiary/aromatic N) is 1. The lowest BCUT2D eigenvalue weighted by atomic mass is 10.0. The zero-order chi connectivity index (χ0) is 21.2. The van der Waals surface area contributed by atoms with Gasteiger partial charge < -0.3 is 19.1 Å². The Bertz CT molecular complexity index is 646. The predicted octanol–water partition coefficient (Wildman–Crippen LogP) is 4.13. The normalized spacial score (nSPS) is 23.3. The number of benzene rings is 1. The van der Waals surface area contributed by atoms with Crippen LogP contribution in [0.2, 0.25) is 0 Å². The standard InChI is InChI=1S/C24H35NO4/c1-6-12-20(27-17-18-14-10-9-11-15-18)19(8-3)28-22-16-23(24(26)25(4)5)29-21(22)13-7-2/h6-7,9-11,14-15,19-23H,1-2,8,12-13,16-17H2,3-5H3/t19-,20-,21-,22-,23-/m0/s1. The van der Waals surface area contributed by atoms with Crippen molar-refractivity contribution in [3.8, 4) is 0 Å². The second kappa shape index (κ2) is 11.9. The number of hydrogen-bond donors (Lipinski definition) is 0. The van der Waals surface area contributed by atoms with Crippen molar-refractivity contribution in [3.63, 3.8) is 0 Å². The number of rotatable bonds is 12. The second-order valence-electron chi connectivity index (χ2n) is 7.64. The average Bonchev–Trinajstić information content (AvgIpc) is 3.12. The highest BCUT2D eigenvalue weighted by Gasteiger charge is 2.41. The van der Waals surface area contributed by atoms with E-state index in [1.807, 2.05) is 30.4 Å². The summed E-state index contributed by atoms with van der Waals surface area (Å²) >= 11 is 0. The minimum absolute atomic E-state index is 0.0267. The summed E-state index contributed by atoms with van der Waals surface area (Å²) in [6, 6.07) is 10.1. The van der Waals surface area contributed by atoms with E-state index in [0.717, 1.165) is 12.0 Å². The van der Waals surface area contributed by atoms with Crippen LogP contribution >= 0.6 is 0 Å². The summed E-state index contributed by atoms with van der Waals surface area (Å²) in [5.41, 5.74) is 1.13. The molecule has 1 aromatic carbocycles. The van der Waals surface area contributed by atoms with E-state index in [0.29, 0.717) is 25.9 Å². The van der Waals surface area contributed by atoms with Gasteiger partial charge in [0.2, 0.25) is 0 Å². The van der Waals surface area contributed by atoms with Gasteiger partial charge >= 0.3 is 0 Å². The Balaban J connectivity index is 2.05. The van der Waals surface area contributed by atoms with Crippen LogP contribution in [-0.4, -0.2) is 55.4 Å². The Kier molecular flexibility index (Phi) is 9.58. The first-order chi connectivity index (χ1) is 14.0. The van der Waals surface area contributed by atoms with Gasteiger partial charge in [-0.1, -0.05) is 49.4 Å². The third-order valence-electron chi connectivity index (χ3n) is 5.19. The van der Waals surface area contributed by atoms with Gasteiger partial charge in [-0.05, 0) is 24.8 Å². The van der Waals surface area contributed by atoms with Crippen molar-refractivity contribution in [2.24, 2.45) is 0 Å². The molecule has 1 amide bonds. The number of ether oxygens (including phenoxy) is 3. The van der Waals surface area contributed by atoms with E-state index < -0.39 is 6.10 Å². The SMILES string of the molecule is C=CC[C@H](OCc1ccccc1)[C@H](CC)O[C@H]1C[C@@H](C(=O)N(C)C)O[C@H]1CC=C. The van der Waals surface area contributed by atoms with Crippen LogP contribution in [0.5, 0.6) is 0 Å². The Labute approximate surface area is 175 Å². The van der Waals surface area contributed by atoms with Crippen LogP contribution in [0.1, 0.15) is 38.2 Å². The molecule has 0 unspecified atom stereocenters. The van der Waals surface area contributed by atoms with Crippen molar-refractivity contribution in [1.29, 1.82) is 0 Å². The molecule has 0 spiro atoms. The Morgan fingerprint density at radius 3 is 2.55 bits per heavy atom. The molecule has 1 fully saturated rings. The summed E-state index contributed by atoms with van der Waals surface area (Å²) < 4.78 is 18.7. The first-order valence-electron chi connectivity index (χ1n) is 10.4. The number of carbonyl (C=O) groups is 1. The van der Waals surface area contributed by atoms with Crippen LogP contribution in [0.4, 0.5) is 0 Å². The fraction of sp³-hybridized carbons (Fsp3) is 0.542. The number of amides is 1. The van der Waals surface area contributed by atoms with E-state index in [2.05, 4.69) is 32.2 Å². The van der Waals surface area contributed by atoms with Crippen LogP contribution < -0.4 is 0 Å². The molecule has 0 N–H and O–H groups in total. The van der Waals surface area contributed by atoms with E-state index in [-0.39, 0.29) is 30.3 Å². The molecule has 1 aromatic rings. The topological polar surface area (TPSA) is 48.0 Å². The second-order valence-corrected chi connectivity index (χ2v) is 7.64. The lowest BCUT2D eigenvalue weighted by Gasteiger charge is -2.30. The molecule has 0 aromatic heterocycles. The van der Waals surface area contributed by atoms with Gasteiger partial charge in [-0.2, -0.15) is 0 Å². The molecule has 0 radical (unpaired) electrons. The van der Waals surface area contributed by atoms with Gasteiger partial charge in [-0.15, -0.1) is 13.2 Å². The summed E-state index contributed by atoms with van der Waals surface area (Å²) in [5.74, 6) is -0.0267. The van der Waals surface area contributed by atoms with E-state index in [4.69, 9.17) is 14.2 Å². The molecule has 1 aliphatic heterocycles. The molecule has 1 heterocycles. The summed E-state index contributed by atoms with van der Waals surface area (Å²) in [7, 11) is 3.49. The molecule has 5 nitrogen and oxygen atoms in total. The monoisotopic (exact) mass is 401 g/mol. The number of hydrogen-bond acceptors (Lipinski definition) is 4. The third-order valence-corrected chi connectivity index (χ3v) is 5.19. The largest absolute Gasteiger partial charge is 0.371 e. The maximum Gasteiger partial charge on any atom is 0.251 e. The summed E-state index contributed by atoms with van der Waals surface area (Å²) in [6.45, 7) is 10.3. The van der Waals surface area contributed by atoms with E-state index in [9.17, 15) is 4.79 Å². The van der Waals surface area contributed by atoms with Gasteiger partial charge in [-0.3, -0.25) is 4.79 Å². The quantitative estimate of drug-likeness (QED) is 0.494. The van der Waals surface area contributed by atoms with Crippen LogP contribution in [0.3, 0.4) is 0 Å². The van der Waals surface area contributed by atoms with Gasteiger partial charge in [0, 0.05) is 20.5 Å². The van der Waals surface area contributed by atoms with Crippen molar-refractivity contribution in [3.05, 3.63) is 61.2 Å². The average molecular weight is 402 g/mol. The number of carbonyl (C=O) groups excluding carboxylic acids is 1. The van der Waals surface area contributed by atoms with Gasteiger partial charge in [0.15, 0.2) is 0 Å². The smallest absolute Gasteiger partial charge is 0.251 e. The Morgan fingerprint density at radius 2 is 1.97 bits per heavy atom. The van der Waals surface area contributed by atoms with Crippen LogP contribution in [0, 0.1) is 0 Å². The molecule has 1 saturated heterocycles. The van der Waals surface area contributed by atoms with E-state index in [1.54, 1.807) is 19.0 Å². The molecule has 29 heavy (non-hydrogen) atoms. The Morgan fingerprint density at radius 1 is 1.24 bits per heavy atom. The van der Waals surface area contributed by atoms with Crippen LogP contribution in [0.15, 0.2) is 55.6 Å². The van der Waals surface area contributed by atoms with Crippen LogP contribution in [0.25, 0.3) is 0 Å². The van der Waals surface area contributed by atoms with Crippen LogP contribution in [-0.2, 0) is 25.6 Å². The predicted molar refractivity (Wildman–Crippen MR) is 116 cm³/mol. The molecule has 2 rings (SSSR count). The lowest BCUT2D eigenvalue weighted by molar-refractivity contribution is -0.141. The van der Waals surface area contributed by atoms with Crippen molar-refractivity contribution in [1.82, 2.24) is 4.90 Å². The fourth-order valence-electron chi connectivity index (χ4n) is 3.62. The van der Waals surface area contributed by atoms with Gasteiger partial charge in [0.1, 0.15) is 6.10 Å². The molecule has 5 heteroatoms. The fourth-order valence-corrected chi connectivity index (χ4v) is 3.62. The van der Waals surface area contributed by atoms with Crippen molar-refractivity contribution in [2.45, 2.75) is 69.7 Å². The zero-order valence-corrected chi connectivity index (χ0v) is 18.0. The molecule has 0 saturated carbocycles. The van der Waals surface area contributed by atoms with E-state index >= 15 is 0 Å². The first-order valence-corrected chi connectivity index (χ1v) is 10.4. The van der Waals surface area contributed by atoms with Gasteiger partial charge in [0.05, 0.1) is 31.0 Å². The maximum absolute atomic E-state index is 12.4. The maximum atomic E-state index is 12.4. The summed E-state index contributed by atoms with van der Waals surface area (Å²) in [6.07, 6.45) is 5.36. The lowest BCUT2D eigenvalue weighted by Crippen LogP contribution is -2.37. The number of likely N-dealkylation sites (N-methyl/N-ethyl adjacent to an activating group) is 1. The highest BCUT2D eigenvalue weighted by atomic mass is 16.6. The molecule has 160 valence electrons. The van der Waals surface area contributed by atoms with E-state index in [1.165, 1.54) is 0 Å². The molecular weight excluding hydrogens is 366 g/mol. The molecule has 0 bridgehead atoms. The highest BCUT2D eigenvalue weighted by molar-refractivity contribution is 5.80. The van der Waals surface area contributed by atoms with Crippen molar-refractivity contribution >= 4 is 5.91 Å². The van der Waals surface area contributed by atoms with Gasteiger partial charge in [-0.25, -0.2) is 0 Å². The molecule has 5 atom stereocenters. The summed E-state index contributed by atoms with van der Waals surface area (Å²) in [4.78, 5) is 13.9. The first kappa shape index (κ1) is 23.3. The summed E-state index contributed by atoms with van der Waals surface area (Å²) in [5, 5.41) is 0. The molecular formula is C24H35NO4. The molecule has 1 aliphatic rings.